The lowest BCUT2D eigenvalue weighted by molar-refractivity contribution is 0.482. The highest BCUT2D eigenvalue weighted by Crippen LogP contribution is 2.20. The van der Waals surface area contributed by atoms with Crippen LogP contribution in [0.1, 0.15) is 5.69 Å². The summed E-state index contributed by atoms with van der Waals surface area (Å²) in [6.45, 7) is 3.66. The van der Waals surface area contributed by atoms with Gasteiger partial charge in [-0.2, -0.15) is 0 Å². The van der Waals surface area contributed by atoms with E-state index in [-0.39, 0.29) is 0 Å². The molecule has 0 N–H and O–H groups in total. The van der Waals surface area contributed by atoms with E-state index in [1.807, 2.05) is 42.5 Å². The minimum atomic E-state index is 0.770. The first-order chi connectivity index (χ1) is 7.38. The smallest absolute Gasteiger partial charge is 0.131 e. The fourth-order valence-electron chi connectivity index (χ4n) is 1.23. The molecular formula is C13H11NO. The van der Waals surface area contributed by atoms with Crippen LogP contribution in [0.25, 0.3) is 6.08 Å². The van der Waals surface area contributed by atoms with Gasteiger partial charge in [-0.15, -0.1) is 0 Å². The van der Waals surface area contributed by atoms with Crippen LogP contribution in [0.4, 0.5) is 0 Å². The summed E-state index contributed by atoms with van der Waals surface area (Å²) in [6.07, 6.45) is 3.40. The molecule has 0 spiro atoms. The molecular weight excluding hydrogens is 186 g/mol. The molecule has 0 fully saturated rings. The average Bonchev–Trinajstić information content (AvgIpc) is 2.31. The third-order valence-corrected chi connectivity index (χ3v) is 1.94. The fraction of sp³-hybridized carbons (Fsp3) is 0. The minimum Gasteiger partial charge on any atom is -0.457 e. The van der Waals surface area contributed by atoms with Gasteiger partial charge in [0.15, 0.2) is 0 Å². The lowest BCUT2D eigenvalue weighted by Gasteiger charge is -2.05. The first-order valence-electron chi connectivity index (χ1n) is 4.70. The molecule has 1 aromatic carbocycles. The van der Waals surface area contributed by atoms with Crippen molar-refractivity contribution in [3.05, 3.63) is 60.9 Å². The number of aromatic nitrogens is 1. The van der Waals surface area contributed by atoms with Crippen molar-refractivity contribution >= 4 is 6.08 Å². The van der Waals surface area contributed by atoms with Gasteiger partial charge in [0, 0.05) is 12.3 Å². The normalized spacial score (nSPS) is 9.60. The molecule has 0 unspecified atom stereocenters. The van der Waals surface area contributed by atoms with Gasteiger partial charge in [-0.25, -0.2) is 0 Å². The van der Waals surface area contributed by atoms with Crippen molar-refractivity contribution in [2.45, 2.75) is 0 Å². The Kier molecular flexibility index (Phi) is 2.79. The topological polar surface area (TPSA) is 22.1 Å². The summed E-state index contributed by atoms with van der Waals surface area (Å²) in [7, 11) is 0. The van der Waals surface area contributed by atoms with E-state index in [9.17, 15) is 0 Å². The molecule has 0 radical (unpaired) electrons. The minimum absolute atomic E-state index is 0.770. The molecule has 0 amide bonds. The van der Waals surface area contributed by atoms with Gasteiger partial charge in [0.1, 0.15) is 11.5 Å². The van der Waals surface area contributed by atoms with E-state index in [4.69, 9.17) is 4.74 Å². The molecule has 0 aliphatic rings. The van der Waals surface area contributed by atoms with Crippen LogP contribution in [0.3, 0.4) is 0 Å². The zero-order valence-electron chi connectivity index (χ0n) is 8.26. The Hall–Kier alpha value is -2.09. The number of hydrogen-bond acceptors (Lipinski definition) is 2. The Morgan fingerprint density at radius 2 is 1.87 bits per heavy atom. The van der Waals surface area contributed by atoms with E-state index in [2.05, 4.69) is 11.6 Å². The van der Waals surface area contributed by atoms with E-state index in [1.165, 1.54) is 0 Å². The highest BCUT2D eigenvalue weighted by atomic mass is 16.5. The fourth-order valence-corrected chi connectivity index (χ4v) is 1.23. The van der Waals surface area contributed by atoms with Gasteiger partial charge in [-0.1, -0.05) is 24.8 Å². The summed E-state index contributed by atoms with van der Waals surface area (Å²) in [6, 6.07) is 13.3. The van der Waals surface area contributed by atoms with E-state index in [1.54, 1.807) is 12.3 Å². The third-order valence-electron chi connectivity index (χ3n) is 1.94. The lowest BCUT2D eigenvalue weighted by atomic mass is 10.3. The summed E-state index contributed by atoms with van der Waals surface area (Å²) in [5, 5.41) is 0. The van der Waals surface area contributed by atoms with Crippen molar-refractivity contribution in [2.24, 2.45) is 0 Å². The van der Waals surface area contributed by atoms with Gasteiger partial charge < -0.3 is 4.74 Å². The molecule has 0 aliphatic heterocycles. The van der Waals surface area contributed by atoms with E-state index >= 15 is 0 Å². The van der Waals surface area contributed by atoms with Gasteiger partial charge in [-0.05, 0) is 24.3 Å². The summed E-state index contributed by atoms with van der Waals surface area (Å²) in [5.74, 6) is 1.59. The highest BCUT2D eigenvalue weighted by Gasteiger charge is 1.96. The average molecular weight is 197 g/mol. The Balaban J connectivity index is 2.21. The van der Waals surface area contributed by atoms with Gasteiger partial charge in [0.05, 0.1) is 5.69 Å². The number of nitrogens with zero attached hydrogens (tertiary/aromatic N) is 1. The van der Waals surface area contributed by atoms with Crippen molar-refractivity contribution in [1.29, 1.82) is 0 Å². The van der Waals surface area contributed by atoms with Crippen LogP contribution in [0, 0.1) is 0 Å². The molecule has 0 saturated heterocycles. The third kappa shape index (κ3) is 2.44. The first kappa shape index (κ1) is 9.46. The Morgan fingerprint density at radius 3 is 2.60 bits per heavy atom. The maximum Gasteiger partial charge on any atom is 0.131 e. The zero-order valence-corrected chi connectivity index (χ0v) is 8.26. The molecule has 74 valence electrons. The number of benzene rings is 1. The van der Waals surface area contributed by atoms with Gasteiger partial charge in [0.25, 0.3) is 0 Å². The molecule has 1 heterocycles. The maximum atomic E-state index is 5.63. The standard InChI is InChI=1S/C13H11NO/c1-2-11-10-13(8-9-14-11)15-12-6-4-3-5-7-12/h2-10H,1H2. The Labute approximate surface area is 88.9 Å². The highest BCUT2D eigenvalue weighted by molar-refractivity contribution is 5.45. The number of ether oxygens (including phenoxy) is 1. The van der Waals surface area contributed by atoms with E-state index in [0.29, 0.717) is 0 Å². The first-order valence-corrected chi connectivity index (χ1v) is 4.70. The van der Waals surface area contributed by atoms with Crippen molar-refractivity contribution in [3.63, 3.8) is 0 Å². The van der Waals surface area contributed by atoms with Gasteiger partial charge in [-0.3, -0.25) is 4.98 Å². The van der Waals surface area contributed by atoms with Crippen LogP contribution in [0.2, 0.25) is 0 Å². The van der Waals surface area contributed by atoms with Crippen LogP contribution in [0.15, 0.2) is 55.2 Å². The zero-order chi connectivity index (χ0) is 10.5. The monoisotopic (exact) mass is 197 g/mol. The number of hydrogen-bond donors (Lipinski definition) is 0. The second kappa shape index (κ2) is 4.42. The largest absolute Gasteiger partial charge is 0.457 e. The molecule has 0 saturated carbocycles. The molecule has 2 aromatic rings. The van der Waals surface area contributed by atoms with Gasteiger partial charge in [0.2, 0.25) is 0 Å². The Morgan fingerprint density at radius 1 is 1.07 bits per heavy atom. The van der Waals surface area contributed by atoms with Crippen molar-refractivity contribution < 1.29 is 4.74 Å². The number of pyridine rings is 1. The molecule has 2 nitrogen and oxygen atoms in total. The molecule has 0 aliphatic carbocycles. The number of rotatable bonds is 3. The van der Waals surface area contributed by atoms with Crippen LogP contribution in [-0.2, 0) is 0 Å². The summed E-state index contributed by atoms with van der Waals surface area (Å²) in [5.41, 5.74) is 0.809. The molecule has 15 heavy (non-hydrogen) atoms. The SMILES string of the molecule is C=Cc1cc(Oc2ccccc2)ccn1. The van der Waals surface area contributed by atoms with Crippen LogP contribution < -0.4 is 4.74 Å². The molecule has 0 bridgehead atoms. The summed E-state index contributed by atoms with van der Waals surface area (Å²) < 4.78 is 5.63. The molecule has 2 heteroatoms. The Bertz CT molecular complexity index is 451. The quantitative estimate of drug-likeness (QED) is 0.751. The summed E-state index contributed by atoms with van der Waals surface area (Å²) in [4.78, 5) is 4.10. The second-order valence-electron chi connectivity index (χ2n) is 3.04. The van der Waals surface area contributed by atoms with Crippen molar-refractivity contribution in [3.8, 4) is 11.5 Å². The molecule has 0 atom stereocenters. The van der Waals surface area contributed by atoms with E-state index in [0.717, 1.165) is 17.2 Å². The van der Waals surface area contributed by atoms with Crippen LogP contribution in [-0.4, -0.2) is 4.98 Å². The maximum absolute atomic E-state index is 5.63. The number of para-hydroxylation sites is 1. The predicted octanol–water partition coefficient (Wildman–Crippen LogP) is 3.52. The van der Waals surface area contributed by atoms with E-state index < -0.39 is 0 Å². The second-order valence-corrected chi connectivity index (χ2v) is 3.04. The summed E-state index contributed by atoms with van der Waals surface area (Å²) >= 11 is 0. The van der Waals surface area contributed by atoms with Crippen molar-refractivity contribution in [1.82, 2.24) is 4.98 Å². The predicted molar refractivity (Wildman–Crippen MR) is 60.8 cm³/mol. The van der Waals surface area contributed by atoms with Gasteiger partial charge >= 0.3 is 0 Å². The lowest BCUT2D eigenvalue weighted by Crippen LogP contribution is -1.85. The van der Waals surface area contributed by atoms with Crippen molar-refractivity contribution in [2.75, 3.05) is 0 Å². The molecule has 1 aromatic heterocycles. The molecule has 2 rings (SSSR count). The van der Waals surface area contributed by atoms with Crippen LogP contribution in [0.5, 0.6) is 11.5 Å². The van der Waals surface area contributed by atoms with Crippen LogP contribution >= 0.6 is 0 Å².